The van der Waals surface area contributed by atoms with Crippen LogP contribution < -0.4 is 5.32 Å². The minimum Gasteiger partial charge on any atom is -0.374 e. The van der Waals surface area contributed by atoms with E-state index >= 15 is 0 Å². The van der Waals surface area contributed by atoms with Gasteiger partial charge in [-0.2, -0.15) is 0 Å². The van der Waals surface area contributed by atoms with Crippen molar-refractivity contribution in [2.75, 3.05) is 6.54 Å². The van der Waals surface area contributed by atoms with Crippen LogP contribution in [0.5, 0.6) is 0 Å². The summed E-state index contributed by atoms with van der Waals surface area (Å²) in [4.78, 5) is 0. The van der Waals surface area contributed by atoms with E-state index in [1.165, 1.54) is 0 Å². The van der Waals surface area contributed by atoms with Crippen LogP contribution in [0.4, 0.5) is 0 Å². The van der Waals surface area contributed by atoms with Gasteiger partial charge in [0, 0.05) is 11.0 Å². The summed E-state index contributed by atoms with van der Waals surface area (Å²) in [7, 11) is 0. The van der Waals surface area contributed by atoms with Gasteiger partial charge in [-0.3, -0.25) is 5.32 Å². The van der Waals surface area contributed by atoms with Crippen LogP contribution in [-0.4, -0.2) is 17.9 Å². The number of aliphatic hydroxyl groups is 1. The van der Waals surface area contributed by atoms with Crippen molar-refractivity contribution in [2.24, 2.45) is 0 Å². The van der Waals surface area contributed by atoms with Gasteiger partial charge >= 0.3 is 0 Å². The van der Waals surface area contributed by atoms with Gasteiger partial charge in [0.1, 0.15) is 6.23 Å². The summed E-state index contributed by atoms with van der Waals surface area (Å²) in [6.07, 6.45) is 1.44. The second-order valence-corrected chi connectivity index (χ2v) is 2.32. The fourth-order valence-electron chi connectivity index (χ4n) is 0.477. The van der Waals surface area contributed by atoms with Crippen molar-refractivity contribution in [3.05, 3.63) is 10.6 Å². The summed E-state index contributed by atoms with van der Waals surface area (Å²) in [6.45, 7) is 0.766. The molecular weight excluding hydrogens is 158 g/mol. The van der Waals surface area contributed by atoms with Crippen LogP contribution in [-0.2, 0) is 0 Å². The van der Waals surface area contributed by atoms with Crippen molar-refractivity contribution in [3.8, 4) is 0 Å². The highest BCUT2D eigenvalue weighted by molar-refractivity contribution is 9.11. The summed E-state index contributed by atoms with van der Waals surface area (Å²) in [5.41, 5.74) is 0. The lowest BCUT2D eigenvalue weighted by Crippen LogP contribution is -2.22. The molecule has 2 N–H and O–H groups in total. The molecule has 0 saturated carbocycles. The standard InChI is InChI=1S/C4H6BrNO/c5-3-1-2-6-4(3)7/h1,4,6-7H,2H2. The van der Waals surface area contributed by atoms with Crippen LogP contribution in [0.1, 0.15) is 0 Å². The maximum atomic E-state index is 8.77. The minimum atomic E-state index is -0.458. The molecule has 0 aromatic heterocycles. The molecule has 3 heteroatoms. The van der Waals surface area contributed by atoms with Crippen molar-refractivity contribution < 1.29 is 5.11 Å². The number of hydrogen-bond acceptors (Lipinski definition) is 2. The molecular formula is C4H6BrNO. The van der Waals surface area contributed by atoms with Crippen LogP contribution in [0.15, 0.2) is 10.6 Å². The fraction of sp³-hybridized carbons (Fsp3) is 0.500. The molecule has 0 fully saturated rings. The van der Waals surface area contributed by atoms with Crippen LogP contribution in [0, 0.1) is 0 Å². The Kier molecular flexibility index (Phi) is 1.46. The van der Waals surface area contributed by atoms with Crippen molar-refractivity contribution in [1.29, 1.82) is 0 Å². The molecule has 1 heterocycles. The lowest BCUT2D eigenvalue weighted by Gasteiger charge is -1.98. The van der Waals surface area contributed by atoms with E-state index in [9.17, 15) is 0 Å². The summed E-state index contributed by atoms with van der Waals surface area (Å²) in [6, 6.07) is 0. The number of halogens is 1. The molecule has 0 aromatic carbocycles. The average molecular weight is 164 g/mol. The molecule has 1 unspecified atom stereocenters. The van der Waals surface area contributed by atoms with E-state index in [1.54, 1.807) is 0 Å². The van der Waals surface area contributed by atoms with Crippen molar-refractivity contribution in [2.45, 2.75) is 6.23 Å². The smallest absolute Gasteiger partial charge is 0.137 e. The van der Waals surface area contributed by atoms with E-state index in [0.29, 0.717) is 0 Å². The predicted molar refractivity (Wildman–Crippen MR) is 31.0 cm³/mol. The van der Waals surface area contributed by atoms with E-state index in [0.717, 1.165) is 11.0 Å². The SMILES string of the molecule is OC1NCC=C1Br. The van der Waals surface area contributed by atoms with Gasteiger partial charge in [0.2, 0.25) is 0 Å². The van der Waals surface area contributed by atoms with Gasteiger partial charge < -0.3 is 5.11 Å². The molecule has 1 aliphatic heterocycles. The van der Waals surface area contributed by atoms with Crippen molar-refractivity contribution >= 4 is 15.9 Å². The first-order valence-electron chi connectivity index (χ1n) is 2.08. The molecule has 1 rings (SSSR count). The van der Waals surface area contributed by atoms with E-state index in [4.69, 9.17) is 5.11 Å². The highest BCUT2D eigenvalue weighted by Gasteiger charge is 2.10. The Hall–Kier alpha value is 0.140. The third-order valence-electron chi connectivity index (χ3n) is 0.869. The highest BCUT2D eigenvalue weighted by atomic mass is 79.9. The lowest BCUT2D eigenvalue weighted by molar-refractivity contribution is 0.196. The largest absolute Gasteiger partial charge is 0.374 e. The zero-order valence-corrected chi connectivity index (χ0v) is 5.27. The van der Waals surface area contributed by atoms with E-state index in [-0.39, 0.29) is 0 Å². The quantitative estimate of drug-likeness (QED) is 0.535. The summed E-state index contributed by atoms with van der Waals surface area (Å²) in [5.74, 6) is 0. The molecule has 0 radical (unpaired) electrons. The Morgan fingerprint density at radius 3 is 2.86 bits per heavy atom. The third-order valence-corrected chi connectivity index (χ3v) is 1.63. The van der Waals surface area contributed by atoms with Crippen LogP contribution >= 0.6 is 15.9 Å². The molecule has 0 aromatic rings. The predicted octanol–water partition coefficient (Wildman–Crippen LogP) is 0.187. The molecule has 0 saturated heterocycles. The van der Waals surface area contributed by atoms with Crippen molar-refractivity contribution in [1.82, 2.24) is 5.32 Å². The van der Waals surface area contributed by atoms with Crippen LogP contribution in [0.2, 0.25) is 0 Å². The molecule has 0 amide bonds. The number of nitrogens with one attached hydrogen (secondary N) is 1. The fourth-order valence-corrected chi connectivity index (χ4v) is 0.801. The number of aliphatic hydroxyl groups excluding tert-OH is 1. The molecule has 1 aliphatic rings. The Bertz CT molecular complexity index is 102. The maximum absolute atomic E-state index is 8.77. The molecule has 7 heavy (non-hydrogen) atoms. The Labute approximate surface area is 50.4 Å². The lowest BCUT2D eigenvalue weighted by atomic mass is 10.6. The van der Waals surface area contributed by atoms with Gasteiger partial charge in [-0.05, 0) is 0 Å². The molecule has 40 valence electrons. The minimum absolute atomic E-state index is 0.458. The molecule has 0 bridgehead atoms. The van der Waals surface area contributed by atoms with Crippen molar-refractivity contribution in [3.63, 3.8) is 0 Å². The zero-order valence-electron chi connectivity index (χ0n) is 3.69. The summed E-state index contributed by atoms with van der Waals surface area (Å²) >= 11 is 3.15. The molecule has 2 nitrogen and oxygen atoms in total. The van der Waals surface area contributed by atoms with Gasteiger partial charge in [0.25, 0.3) is 0 Å². The first-order valence-corrected chi connectivity index (χ1v) is 2.87. The normalized spacial score (nSPS) is 30.6. The van der Waals surface area contributed by atoms with Crippen LogP contribution in [0.3, 0.4) is 0 Å². The monoisotopic (exact) mass is 163 g/mol. The third kappa shape index (κ3) is 1.02. The van der Waals surface area contributed by atoms with E-state index < -0.39 is 6.23 Å². The number of hydrogen-bond donors (Lipinski definition) is 2. The van der Waals surface area contributed by atoms with Crippen LogP contribution in [0.25, 0.3) is 0 Å². The topological polar surface area (TPSA) is 32.3 Å². The first kappa shape index (κ1) is 5.28. The first-order chi connectivity index (χ1) is 3.30. The highest BCUT2D eigenvalue weighted by Crippen LogP contribution is 2.11. The van der Waals surface area contributed by atoms with Gasteiger partial charge in [0.15, 0.2) is 0 Å². The molecule has 0 spiro atoms. The summed E-state index contributed by atoms with van der Waals surface area (Å²) in [5, 5.41) is 11.6. The van der Waals surface area contributed by atoms with Gasteiger partial charge in [-0.15, -0.1) is 0 Å². The zero-order chi connectivity index (χ0) is 5.28. The Morgan fingerprint density at radius 2 is 2.71 bits per heavy atom. The second kappa shape index (κ2) is 1.94. The number of rotatable bonds is 0. The molecule has 1 atom stereocenters. The van der Waals surface area contributed by atoms with Gasteiger partial charge in [-0.1, -0.05) is 22.0 Å². The molecule has 0 aliphatic carbocycles. The van der Waals surface area contributed by atoms with Gasteiger partial charge in [-0.25, -0.2) is 0 Å². The Balaban J connectivity index is 2.54. The second-order valence-electron chi connectivity index (χ2n) is 1.40. The Morgan fingerprint density at radius 1 is 2.00 bits per heavy atom. The maximum Gasteiger partial charge on any atom is 0.137 e. The van der Waals surface area contributed by atoms with E-state index in [2.05, 4.69) is 21.2 Å². The summed E-state index contributed by atoms with van der Waals surface area (Å²) < 4.78 is 0.840. The van der Waals surface area contributed by atoms with Gasteiger partial charge in [0.05, 0.1) is 0 Å². The average Bonchev–Trinajstić information content (AvgIpc) is 1.91. The van der Waals surface area contributed by atoms with E-state index in [1.807, 2.05) is 6.08 Å².